The highest BCUT2D eigenvalue weighted by Gasteiger charge is 1.96. The maximum Gasteiger partial charge on any atom is -0.00931 e. The van der Waals surface area contributed by atoms with Gasteiger partial charge in [0.2, 0.25) is 0 Å². The molecule has 0 N–H and O–H groups in total. The largest absolute Gasteiger partial charge is 0.0871 e. The first-order valence-electron chi connectivity index (χ1n) is 5.25. The average molecular weight is 197 g/mol. The number of hydrogen-bond donors (Lipinski definition) is 0. The van der Waals surface area contributed by atoms with E-state index in [4.69, 9.17) is 0 Å². The van der Waals surface area contributed by atoms with Gasteiger partial charge in [-0.05, 0) is 55.7 Å². The fourth-order valence-electron chi connectivity index (χ4n) is 1.46. The van der Waals surface area contributed by atoms with Crippen LogP contribution >= 0.6 is 0 Å². The van der Waals surface area contributed by atoms with Crippen LogP contribution in [-0.2, 0) is 0 Å². The molecule has 0 bridgehead atoms. The molecule has 77 valence electrons. The summed E-state index contributed by atoms with van der Waals surface area (Å²) in [5.41, 5.74) is 3.55. The zero-order valence-electron chi connectivity index (χ0n) is 9.62. The van der Waals surface area contributed by atoms with Gasteiger partial charge in [-0.2, -0.15) is 0 Å². The van der Waals surface area contributed by atoms with Gasteiger partial charge in [0.1, 0.15) is 0 Å². The Hall–Kier alpha value is -1.56. The first-order valence-corrected chi connectivity index (χ1v) is 5.25. The van der Waals surface area contributed by atoms with Crippen molar-refractivity contribution < 1.29 is 0 Å². The molecular weight excluding hydrogens is 180 g/mol. The highest BCUT2D eigenvalue weighted by Crippen LogP contribution is 2.16. The van der Waals surface area contributed by atoms with E-state index in [-0.39, 0.29) is 0 Å². The molecule has 0 spiro atoms. The fraction of sp³-hybridized carbons (Fsp3) is 0.200. The van der Waals surface area contributed by atoms with E-state index in [1.807, 2.05) is 39.0 Å². The van der Waals surface area contributed by atoms with Gasteiger partial charge in [0.15, 0.2) is 0 Å². The third kappa shape index (κ3) is 3.25. The molecular formula is C15H17. The third-order valence-electron chi connectivity index (χ3n) is 2.07. The fourth-order valence-corrected chi connectivity index (χ4v) is 1.46. The van der Waals surface area contributed by atoms with Crippen LogP contribution < -0.4 is 0 Å². The first kappa shape index (κ1) is 11.5. The van der Waals surface area contributed by atoms with Crippen LogP contribution in [0.3, 0.4) is 0 Å². The second-order valence-electron chi connectivity index (χ2n) is 3.30. The second-order valence-corrected chi connectivity index (χ2v) is 3.30. The molecule has 0 saturated heterocycles. The molecule has 0 saturated carbocycles. The number of allylic oxidation sites excluding steroid dienone is 3. The van der Waals surface area contributed by atoms with E-state index in [0.717, 1.165) is 5.56 Å². The van der Waals surface area contributed by atoms with Crippen molar-refractivity contribution in [3.05, 3.63) is 53.1 Å². The number of rotatable bonds is 3. The lowest BCUT2D eigenvalue weighted by Gasteiger charge is -2.02. The summed E-state index contributed by atoms with van der Waals surface area (Å²) in [4.78, 5) is 0. The molecule has 0 aromatic heterocycles. The summed E-state index contributed by atoms with van der Waals surface area (Å²) < 4.78 is 0. The molecule has 0 aliphatic heterocycles. The Balaban J connectivity index is 3.19. The van der Waals surface area contributed by atoms with Crippen molar-refractivity contribution in [3.8, 4) is 0 Å². The van der Waals surface area contributed by atoms with Gasteiger partial charge in [-0.15, -0.1) is 0 Å². The summed E-state index contributed by atoms with van der Waals surface area (Å²) >= 11 is 0. The highest BCUT2D eigenvalue weighted by molar-refractivity contribution is 5.68. The average Bonchev–Trinajstić information content (AvgIpc) is 2.23. The van der Waals surface area contributed by atoms with Crippen LogP contribution in [0.15, 0.2) is 30.4 Å². The maximum absolute atomic E-state index is 3.29. The van der Waals surface area contributed by atoms with Crippen LogP contribution in [0.25, 0.3) is 18.2 Å². The molecule has 1 rings (SSSR count). The Morgan fingerprint density at radius 3 is 2.20 bits per heavy atom. The normalized spacial score (nSPS) is 12.2. The molecule has 1 radical (unpaired) electrons. The summed E-state index contributed by atoms with van der Waals surface area (Å²) in [7, 11) is 0. The van der Waals surface area contributed by atoms with Crippen molar-refractivity contribution in [1.29, 1.82) is 0 Å². The highest BCUT2D eigenvalue weighted by atomic mass is 14.0. The van der Waals surface area contributed by atoms with Crippen LogP contribution in [0.1, 0.15) is 37.5 Å². The maximum atomic E-state index is 3.29. The summed E-state index contributed by atoms with van der Waals surface area (Å²) in [6.45, 7) is 6.07. The van der Waals surface area contributed by atoms with Gasteiger partial charge >= 0.3 is 0 Å². The second kappa shape index (κ2) is 6.02. The minimum Gasteiger partial charge on any atom is -0.0871 e. The van der Waals surface area contributed by atoms with Crippen molar-refractivity contribution in [2.24, 2.45) is 0 Å². The van der Waals surface area contributed by atoms with Gasteiger partial charge in [-0.3, -0.25) is 0 Å². The summed E-state index contributed by atoms with van der Waals surface area (Å²) in [6.07, 6.45) is 12.4. The van der Waals surface area contributed by atoms with Gasteiger partial charge in [0.05, 0.1) is 0 Å². The van der Waals surface area contributed by atoms with Crippen LogP contribution in [0.5, 0.6) is 0 Å². The van der Waals surface area contributed by atoms with Gasteiger partial charge < -0.3 is 0 Å². The third-order valence-corrected chi connectivity index (χ3v) is 2.07. The van der Waals surface area contributed by atoms with Crippen LogP contribution in [0.4, 0.5) is 0 Å². The van der Waals surface area contributed by atoms with Crippen LogP contribution in [0, 0.1) is 6.07 Å². The Morgan fingerprint density at radius 1 is 0.933 bits per heavy atom. The van der Waals surface area contributed by atoms with E-state index in [2.05, 4.69) is 36.4 Å². The molecule has 0 aliphatic carbocycles. The SMILES string of the molecule is C/C=C\c1c[c]c(/C=C\C)c(/C=C\C)c1. The molecule has 0 atom stereocenters. The topological polar surface area (TPSA) is 0 Å². The van der Waals surface area contributed by atoms with Gasteiger partial charge in [-0.25, -0.2) is 0 Å². The van der Waals surface area contributed by atoms with Crippen molar-refractivity contribution in [3.63, 3.8) is 0 Å². The molecule has 15 heavy (non-hydrogen) atoms. The predicted molar refractivity (Wildman–Crippen MR) is 69.4 cm³/mol. The van der Waals surface area contributed by atoms with Gasteiger partial charge in [0, 0.05) is 0 Å². The summed E-state index contributed by atoms with van der Waals surface area (Å²) in [5.74, 6) is 0. The predicted octanol–water partition coefficient (Wildman–Crippen LogP) is 4.59. The van der Waals surface area contributed by atoms with Crippen LogP contribution in [-0.4, -0.2) is 0 Å². The molecule has 0 heterocycles. The van der Waals surface area contributed by atoms with Crippen molar-refractivity contribution in [2.75, 3.05) is 0 Å². The number of benzene rings is 1. The Bertz CT molecular complexity index is 392. The molecule has 0 nitrogen and oxygen atoms in total. The Labute approximate surface area is 92.6 Å². The van der Waals surface area contributed by atoms with Crippen molar-refractivity contribution in [2.45, 2.75) is 20.8 Å². The Kier molecular flexibility index (Phi) is 4.62. The van der Waals surface area contributed by atoms with E-state index < -0.39 is 0 Å². The summed E-state index contributed by atoms with van der Waals surface area (Å²) in [6, 6.07) is 7.48. The minimum atomic E-state index is 1.14. The lowest BCUT2D eigenvalue weighted by Crippen LogP contribution is -1.83. The molecule has 0 fully saturated rings. The minimum absolute atomic E-state index is 1.14. The van der Waals surface area contributed by atoms with Crippen LogP contribution in [0.2, 0.25) is 0 Å². The zero-order valence-corrected chi connectivity index (χ0v) is 9.62. The molecule has 0 amide bonds. The van der Waals surface area contributed by atoms with Crippen molar-refractivity contribution in [1.82, 2.24) is 0 Å². The first-order chi connectivity index (χ1) is 7.31. The standard InChI is InChI=1S/C15H17/c1-4-7-13-10-11-14(8-5-2)15(12-13)9-6-3/h4-10,12H,1-3H3/b7-4-,8-5-,9-6-. The lowest BCUT2D eigenvalue weighted by atomic mass is 10.0. The molecule has 1 aromatic carbocycles. The van der Waals surface area contributed by atoms with E-state index in [9.17, 15) is 0 Å². The zero-order chi connectivity index (χ0) is 11.1. The van der Waals surface area contributed by atoms with E-state index in [1.165, 1.54) is 11.1 Å². The lowest BCUT2D eigenvalue weighted by molar-refractivity contribution is 1.55. The number of hydrogen-bond acceptors (Lipinski definition) is 0. The van der Waals surface area contributed by atoms with E-state index in [1.54, 1.807) is 0 Å². The molecule has 0 aliphatic rings. The summed E-state index contributed by atoms with van der Waals surface area (Å²) in [5, 5.41) is 0. The Morgan fingerprint density at radius 2 is 1.60 bits per heavy atom. The van der Waals surface area contributed by atoms with Gasteiger partial charge in [0.25, 0.3) is 0 Å². The van der Waals surface area contributed by atoms with Crippen molar-refractivity contribution >= 4 is 18.2 Å². The van der Waals surface area contributed by atoms with Gasteiger partial charge in [-0.1, -0.05) is 36.5 Å². The molecule has 0 unspecified atom stereocenters. The molecule has 1 aromatic rings. The van der Waals surface area contributed by atoms with E-state index in [0.29, 0.717) is 0 Å². The smallest absolute Gasteiger partial charge is 0.00931 e. The quantitative estimate of drug-likeness (QED) is 0.665. The molecule has 0 heteroatoms. The monoisotopic (exact) mass is 197 g/mol. The van der Waals surface area contributed by atoms with E-state index >= 15 is 0 Å².